The number of unbranched alkanes of at least 4 members (excludes halogenated alkanes) is 1. The van der Waals surface area contributed by atoms with Crippen LogP contribution in [0.25, 0.3) is 0 Å². The van der Waals surface area contributed by atoms with E-state index in [0.717, 1.165) is 0 Å². The van der Waals surface area contributed by atoms with Gasteiger partial charge in [0.1, 0.15) is 53.8 Å². The summed E-state index contributed by atoms with van der Waals surface area (Å²) in [5, 5.41) is 66.3. The molecule has 0 saturated carbocycles. The van der Waals surface area contributed by atoms with Crippen LogP contribution in [0.2, 0.25) is 0 Å². The molecule has 3 aromatic carbocycles. The lowest BCUT2D eigenvalue weighted by molar-refractivity contribution is -0.144. The Hall–Kier alpha value is -8.16. The molecule has 76 heavy (non-hydrogen) atoms. The van der Waals surface area contributed by atoms with Crippen molar-refractivity contribution in [2.45, 2.75) is 126 Å². The molecule has 0 aliphatic heterocycles. The van der Waals surface area contributed by atoms with Crippen molar-refractivity contribution >= 4 is 59.2 Å². The van der Waals surface area contributed by atoms with E-state index in [1.165, 1.54) is 62.4 Å². The third kappa shape index (κ3) is 21.7. The number of carboxylic acids is 2. The van der Waals surface area contributed by atoms with Gasteiger partial charge in [-0.1, -0.05) is 68.4 Å². The van der Waals surface area contributed by atoms with Crippen molar-refractivity contribution < 1.29 is 73.5 Å². The van der Waals surface area contributed by atoms with Crippen LogP contribution in [-0.2, 0) is 67.2 Å². The molecule has 0 fully saturated rings. The maximum atomic E-state index is 14.5. The summed E-state index contributed by atoms with van der Waals surface area (Å²) >= 11 is 0. The molecule has 0 heterocycles. The van der Waals surface area contributed by atoms with E-state index in [0.29, 0.717) is 23.1 Å². The Kier molecular flexibility index (Phi) is 25.8. The number of amides is 8. The summed E-state index contributed by atoms with van der Waals surface area (Å²) in [5.41, 5.74) is 18.4. The highest BCUT2D eigenvalue weighted by Gasteiger charge is 2.35. The second-order valence-electron chi connectivity index (χ2n) is 18.4. The van der Waals surface area contributed by atoms with E-state index in [4.69, 9.17) is 22.3 Å². The van der Waals surface area contributed by atoms with Crippen LogP contribution >= 0.6 is 0 Å². The molecule has 0 aliphatic rings. The lowest BCUT2D eigenvalue weighted by Gasteiger charge is -2.28. The SMILES string of the molecule is CC(C)[C@H](NC(=O)[C@H](CO)NC(=O)[C@H](Cc1ccc(O)cc1)NC(=O)[C@H](Cc1ccccc1)NC(=O)[C@H](CCCCN)NC(=O)[C@H](Cc1ccc(O)cc1)NC(=O)[C@H](CCC(N)=O)NC(=O)[C@@H](N)CCC(=O)O)C(=O)O. The summed E-state index contributed by atoms with van der Waals surface area (Å²) in [6.07, 6.45) is -1.65. The van der Waals surface area contributed by atoms with Gasteiger partial charge < -0.3 is 80.0 Å². The standard InChI is InChI=1S/C51H70N10O15/c1-28(2)43(51(75)76)61-50(74)40(27-62)60-49(73)39(26-31-13-17-33(64)18-14-31)59-48(72)37(24-29-8-4-3-5-9-29)57-45(69)35(10-6-7-23-52)56-47(71)38(25-30-11-15-32(63)16-12-30)58-46(70)36(20-21-41(54)65)55-44(68)34(53)19-22-42(66)67/h3-5,8-9,11-18,28,34-40,43,62-64H,6-7,10,19-27,52-53H2,1-2H3,(H2,54,65)(H,55,68)(H,56,71)(H,57,69)(H,58,70)(H,59,72)(H,60,73)(H,61,74)(H,66,67)(H,75,76)/t34-,35-,36-,37-,38-,39-,40-,43-/m0/s1. The molecule has 0 aliphatic carbocycles. The molecule has 8 atom stereocenters. The Balaban J connectivity index is 2.02. The molecule has 18 N–H and O–H groups in total. The number of benzene rings is 3. The molecule has 3 aromatic rings. The van der Waals surface area contributed by atoms with Crippen LogP contribution < -0.4 is 54.4 Å². The fourth-order valence-corrected chi connectivity index (χ4v) is 7.54. The van der Waals surface area contributed by atoms with Crippen LogP contribution in [0, 0.1) is 5.92 Å². The van der Waals surface area contributed by atoms with Crippen LogP contribution in [0.3, 0.4) is 0 Å². The van der Waals surface area contributed by atoms with Gasteiger partial charge in [-0.15, -0.1) is 0 Å². The van der Waals surface area contributed by atoms with E-state index in [1.54, 1.807) is 30.3 Å². The van der Waals surface area contributed by atoms with Gasteiger partial charge in [0.05, 0.1) is 12.6 Å². The molecule has 0 unspecified atom stereocenters. The highest BCUT2D eigenvalue weighted by Crippen LogP contribution is 2.15. The number of carboxylic acid groups (broad SMARTS) is 2. The molecule has 8 amide bonds. The summed E-state index contributed by atoms with van der Waals surface area (Å²) in [5.74, 6) is -10.9. The number of aliphatic hydroxyl groups is 1. The molecule has 25 heteroatoms. The van der Waals surface area contributed by atoms with Crippen molar-refractivity contribution in [2.75, 3.05) is 13.2 Å². The number of carbonyl (C=O) groups is 10. The normalized spacial score (nSPS) is 14.2. The first-order valence-electron chi connectivity index (χ1n) is 24.5. The van der Waals surface area contributed by atoms with Crippen molar-refractivity contribution in [3.8, 4) is 11.5 Å². The van der Waals surface area contributed by atoms with E-state index in [-0.39, 0.29) is 63.0 Å². The highest BCUT2D eigenvalue weighted by molar-refractivity contribution is 5.98. The Bertz CT molecular complexity index is 2440. The summed E-state index contributed by atoms with van der Waals surface area (Å²) in [7, 11) is 0. The molecule has 0 spiro atoms. The zero-order valence-corrected chi connectivity index (χ0v) is 42.2. The van der Waals surface area contributed by atoms with Crippen LogP contribution in [0.1, 0.15) is 75.5 Å². The Morgan fingerprint density at radius 2 is 0.882 bits per heavy atom. The van der Waals surface area contributed by atoms with Gasteiger partial charge in [-0.25, -0.2) is 4.79 Å². The molecule has 0 aromatic heterocycles. The minimum atomic E-state index is -1.68. The lowest BCUT2D eigenvalue weighted by Crippen LogP contribution is -2.61. The van der Waals surface area contributed by atoms with Gasteiger partial charge in [0.2, 0.25) is 47.3 Å². The molecule has 414 valence electrons. The number of aliphatic hydroxyl groups excluding tert-OH is 1. The first kappa shape index (κ1) is 62.1. The number of rotatable bonds is 33. The number of carbonyl (C=O) groups excluding carboxylic acids is 8. The number of aromatic hydroxyl groups is 2. The summed E-state index contributed by atoms with van der Waals surface area (Å²) in [6.45, 7) is 2.30. The Morgan fingerprint density at radius 3 is 1.29 bits per heavy atom. The molecule has 0 radical (unpaired) electrons. The minimum Gasteiger partial charge on any atom is -0.508 e. The second-order valence-corrected chi connectivity index (χ2v) is 18.4. The summed E-state index contributed by atoms with van der Waals surface area (Å²) in [6, 6.07) is 7.64. The van der Waals surface area contributed by atoms with Gasteiger partial charge in [-0.3, -0.25) is 43.2 Å². The van der Waals surface area contributed by atoms with E-state index < -0.39 is 133 Å². The number of phenolic OH excluding ortho intramolecular Hbond substituents is 2. The van der Waals surface area contributed by atoms with Crippen molar-refractivity contribution in [3.05, 3.63) is 95.6 Å². The van der Waals surface area contributed by atoms with Crippen LogP contribution in [0.4, 0.5) is 0 Å². The maximum absolute atomic E-state index is 14.5. The van der Waals surface area contributed by atoms with Crippen molar-refractivity contribution in [1.29, 1.82) is 0 Å². The topological polar surface area (TPSA) is 434 Å². The van der Waals surface area contributed by atoms with Crippen molar-refractivity contribution in [3.63, 3.8) is 0 Å². The van der Waals surface area contributed by atoms with Crippen LogP contribution in [-0.4, -0.2) is 146 Å². The Morgan fingerprint density at radius 1 is 0.487 bits per heavy atom. The van der Waals surface area contributed by atoms with E-state index >= 15 is 0 Å². The zero-order valence-electron chi connectivity index (χ0n) is 42.2. The molecule has 25 nitrogen and oxygen atoms in total. The maximum Gasteiger partial charge on any atom is 0.326 e. The van der Waals surface area contributed by atoms with Gasteiger partial charge in [-0.2, -0.15) is 0 Å². The molecular formula is C51H70N10O15. The predicted octanol–water partition coefficient (Wildman–Crippen LogP) is -2.16. The zero-order chi connectivity index (χ0) is 56.5. The van der Waals surface area contributed by atoms with Crippen LogP contribution in [0.15, 0.2) is 78.9 Å². The number of hydrogen-bond donors (Lipinski definition) is 15. The number of aliphatic carboxylic acids is 2. The highest BCUT2D eigenvalue weighted by atomic mass is 16.4. The second kappa shape index (κ2) is 31.5. The molecular weight excluding hydrogens is 993 g/mol. The van der Waals surface area contributed by atoms with E-state index in [9.17, 15) is 68.4 Å². The minimum absolute atomic E-state index is 0.0596. The molecule has 3 rings (SSSR count). The van der Waals surface area contributed by atoms with E-state index in [2.05, 4.69) is 37.2 Å². The smallest absolute Gasteiger partial charge is 0.326 e. The number of primary amides is 1. The van der Waals surface area contributed by atoms with E-state index in [1.807, 2.05) is 0 Å². The van der Waals surface area contributed by atoms with Crippen molar-refractivity contribution in [2.24, 2.45) is 23.1 Å². The molecule has 0 saturated heterocycles. The quantitative estimate of drug-likeness (QED) is 0.0289. The summed E-state index contributed by atoms with van der Waals surface area (Å²) in [4.78, 5) is 132. The third-order valence-corrected chi connectivity index (χ3v) is 11.9. The monoisotopic (exact) mass is 1060 g/mol. The first-order chi connectivity index (χ1) is 36.0. The number of hydrogen-bond acceptors (Lipinski definition) is 15. The number of phenols is 2. The van der Waals surface area contributed by atoms with Crippen molar-refractivity contribution in [1.82, 2.24) is 37.2 Å². The summed E-state index contributed by atoms with van der Waals surface area (Å²) < 4.78 is 0. The van der Waals surface area contributed by atoms with Gasteiger partial charge >= 0.3 is 11.9 Å². The lowest BCUT2D eigenvalue weighted by atomic mass is 10.0. The van der Waals surface area contributed by atoms with Gasteiger partial charge in [-0.05, 0) is 85.5 Å². The Labute approximate surface area is 438 Å². The van der Waals surface area contributed by atoms with Gasteiger partial charge in [0.15, 0.2) is 0 Å². The fourth-order valence-electron chi connectivity index (χ4n) is 7.54. The number of nitrogens with one attached hydrogen (secondary N) is 7. The van der Waals surface area contributed by atoms with Crippen LogP contribution in [0.5, 0.6) is 11.5 Å². The fraction of sp³-hybridized carbons (Fsp3) is 0.451. The first-order valence-corrected chi connectivity index (χ1v) is 24.5. The number of nitrogens with two attached hydrogens (primary N) is 3. The predicted molar refractivity (Wildman–Crippen MR) is 273 cm³/mol. The molecule has 0 bridgehead atoms. The van der Waals surface area contributed by atoms with Gasteiger partial charge in [0, 0.05) is 32.1 Å². The average molecular weight is 1060 g/mol. The van der Waals surface area contributed by atoms with Gasteiger partial charge in [0.25, 0.3) is 0 Å². The third-order valence-electron chi connectivity index (χ3n) is 11.9. The largest absolute Gasteiger partial charge is 0.508 e. The average Bonchev–Trinajstić information content (AvgIpc) is 3.37.